The van der Waals surface area contributed by atoms with Gasteiger partial charge in [-0.2, -0.15) is 0 Å². The summed E-state index contributed by atoms with van der Waals surface area (Å²) in [5.41, 5.74) is 5.46. The van der Waals surface area contributed by atoms with Crippen LogP contribution in [0.5, 0.6) is 0 Å². The minimum Gasteiger partial charge on any atom is -0.381 e. The molecule has 1 aromatic carbocycles. The summed E-state index contributed by atoms with van der Waals surface area (Å²) < 4.78 is 36.8. The summed E-state index contributed by atoms with van der Waals surface area (Å²) in [5.74, 6) is -1.77. The molecule has 0 atom stereocenters. The van der Waals surface area contributed by atoms with Gasteiger partial charge in [0.2, 0.25) is 0 Å². The molecule has 2 N–H and O–H groups in total. The van der Waals surface area contributed by atoms with Gasteiger partial charge in [-0.05, 0) is 6.07 Å². The van der Waals surface area contributed by atoms with E-state index in [0.29, 0.717) is 0 Å². The fraction of sp³-hybridized carbons (Fsp3) is 0.182. The Morgan fingerprint density at radius 2 is 2.12 bits per heavy atom. The molecule has 0 amide bonds. The molecule has 0 bridgehead atoms. The van der Waals surface area contributed by atoms with Crippen molar-refractivity contribution in [3.05, 3.63) is 35.4 Å². The highest BCUT2D eigenvalue weighted by Crippen LogP contribution is 2.27. The number of nitrogens with zero attached hydrogens (tertiary/aromatic N) is 1. The molecular formula is C11H10F2N2O2. The maximum Gasteiger partial charge on any atom is 0.172 e. The number of anilines is 1. The van der Waals surface area contributed by atoms with E-state index in [2.05, 4.69) is 5.16 Å². The molecule has 0 saturated carbocycles. The molecule has 4 nitrogen and oxygen atoms in total. The summed E-state index contributed by atoms with van der Waals surface area (Å²) >= 11 is 0. The number of benzene rings is 1. The van der Waals surface area contributed by atoms with Crippen LogP contribution in [0.15, 0.2) is 22.7 Å². The van der Waals surface area contributed by atoms with E-state index in [4.69, 9.17) is 15.0 Å². The maximum atomic E-state index is 13.7. The van der Waals surface area contributed by atoms with E-state index in [0.717, 1.165) is 0 Å². The number of nitrogen functional groups attached to an aromatic ring is 1. The van der Waals surface area contributed by atoms with Crippen LogP contribution in [-0.4, -0.2) is 12.3 Å². The Labute approximate surface area is 96.0 Å². The first-order valence-electron chi connectivity index (χ1n) is 4.82. The summed E-state index contributed by atoms with van der Waals surface area (Å²) in [6, 6.07) is 4.15. The van der Waals surface area contributed by atoms with Gasteiger partial charge in [0.15, 0.2) is 23.2 Å². The van der Waals surface area contributed by atoms with Gasteiger partial charge in [-0.3, -0.25) is 0 Å². The van der Waals surface area contributed by atoms with Crippen LogP contribution in [0.4, 0.5) is 14.6 Å². The molecule has 0 aliphatic heterocycles. The molecule has 1 aromatic heterocycles. The van der Waals surface area contributed by atoms with Gasteiger partial charge in [-0.25, -0.2) is 8.78 Å². The fourth-order valence-electron chi connectivity index (χ4n) is 1.46. The van der Waals surface area contributed by atoms with E-state index in [1.54, 1.807) is 0 Å². The van der Waals surface area contributed by atoms with Crippen molar-refractivity contribution in [1.82, 2.24) is 5.16 Å². The van der Waals surface area contributed by atoms with Gasteiger partial charge in [0.25, 0.3) is 0 Å². The Balaban J connectivity index is 2.47. The summed E-state index contributed by atoms with van der Waals surface area (Å²) in [7, 11) is 1.41. The minimum absolute atomic E-state index is 0.00156. The molecule has 17 heavy (non-hydrogen) atoms. The predicted molar refractivity (Wildman–Crippen MR) is 57.0 cm³/mol. The third-order valence-corrected chi connectivity index (χ3v) is 2.26. The van der Waals surface area contributed by atoms with Gasteiger partial charge in [0, 0.05) is 18.7 Å². The van der Waals surface area contributed by atoms with Crippen molar-refractivity contribution in [2.75, 3.05) is 12.8 Å². The first-order valence-corrected chi connectivity index (χ1v) is 4.82. The molecule has 2 rings (SSSR count). The summed E-state index contributed by atoms with van der Waals surface area (Å²) in [4.78, 5) is 0. The van der Waals surface area contributed by atoms with Gasteiger partial charge < -0.3 is 15.0 Å². The molecule has 2 aromatic rings. The number of rotatable bonds is 3. The topological polar surface area (TPSA) is 61.3 Å². The number of aromatic nitrogens is 1. The zero-order valence-electron chi connectivity index (χ0n) is 9.04. The molecule has 0 unspecified atom stereocenters. The lowest BCUT2D eigenvalue weighted by Crippen LogP contribution is -1.98. The summed E-state index contributed by atoms with van der Waals surface area (Å²) in [6.45, 7) is 0.00156. The second-order valence-corrected chi connectivity index (χ2v) is 3.45. The SMILES string of the molecule is COCc1ccc(-c2cc(N)no2)c(F)c1F. The van der Waals surface area contributed by atoms with E-state index >= 15 is 0 Å². The van der Waals surface area contributed by atoms with Crippen LogP contribution in [0, 0.1) is 11.6 Å². The zero-order chi connectivity index (χ0) is 12.4. The van der Waals surface area contributed by atoms with Crippen LogP contribution < -0.4 is 5.73 Å². The normalized spacial score (nSPS) is 10.8. The van der Waals surface area contributed by atoms with Gasteiger partial charge in [-0.15, -0.1) is 0 Å². The maximum absolute atomic E-state index is 13.7. The smallest absolute Gasteiger partial charge is 0.172 e. The van der Waals surface area contributed by atoms with Crippen LogP contribution in [0.1, 0.15) is 5.56 Å². The van der Waals surface area contributed by atoms with Crippen LogP contribution in [0.3, 0.4) is 0 Å². The molecule has 0 aliphatic rings. The van der Waals surface area contributed by atoms with E-state index < -0.39 is 11.6 Å². The number of ether oxygens (including phenoxy) is 1. The molecule has 90 valence electrons. The van der Waals surface area contributed by atoms with Gasteiger partial charge in [0.05, 0.1) is 12.2 Å². The van der Waals surface area contributed by atoms with Crippen LogP contribution >= 0.6 is 0 Å². The van der Waals surface area contributed by atoms with Gasteiger partial charge in [0.1, 0.15) is 0 Å². The largest absolute Gasteiger partial charge is 0.381 e. The molecule has 0 fully saturated rings. The average molecular weight is 240 g/mol. The van der Waals surface area contributed by atoms with Crippen molar-refractivity contribution in [2.45, 2.75) is 6.61 Å². The monoisotopic (exact) mass is 240 g/mol. The highest BCUT2D eigenvalue weighted by atomic mass is 19.2. The Morgan fingerprint density at radius 3 is 2.71 bits per heavy atom. The molecule has 6 heteroatoms. The molecule has 0 radical (unpaired) electrons. The van der Waals surface area contributed by atoms with Crippen molar-refractivity contribution in [2.24, 2.45) is 0 Å². The third kappa shape index (κ3) is 2.12. The Hall–Kier alpha value is -1.95. The lowest BCUT2D eigenvalue weighted by Gasteiger charge is -2.05. The molecule has 0 saturated heterocycles. The Morgan fingerprint density at radius 1 is 1.35 bits per heavy atom. The number of halogens is 2. The van der Waals surface area contributed by atoms with Crippen LogP contribution in [0.25, 0.3) is 11.3 Å². The van der Waals surface area contributed by atoms with E-state index in [9.17, 15) is 8.78 Å². The van der Waals surface area contributed by atoms with E-state index in [-0.39, 0.29) is 29.3 Å². The summed E-state index contributed by atoms with van der Waals surface area (Å²) in [5, 5.41) is 3.41. The molecule has 1 heterocycles. The van der Waals surface area contributed by atoms with Crippen molar-refractivity contribution < 1.29 is 18.0 Å². The highest BCUT2D eigenvalue weighted by Gasteiger charge is 2.17. The number of methoxy groups -OCH3 is 1. The Bertz CT molecular complexity index is 540. The molecule has 0 spiro atoms. The fourth-order valence-corrected chi connectivity index (χ4v) is 1.46. The number of nitrogens with two attached hydrogens (primary N) is 1. The second kappa shape index (κ2) is 4.50. The molecular weight excluding hydrogens is 230 g/mol. The zero-order valence-corrected chi connectivity index (χ0v) is 9.04. The molecule has 0 aliphatic carbocycles. The van der Waals surface area contributed by atoms with Crippen molar-refractivity contribution in [1.29, 1.82) is 0 Å². The average Bonchev–Trinajstić information content (AvgIpc) is 2.72. The van der Waals surface area contributed by atoms with Crippen molar-refractivity contribution in [3.63, 3.8) is 0 Å². The summed E-state index contributed by atoms with van der Waals surface area (Å²) in [6.07, 6.45) is 0. The van der Waals surface area contributed by atoms with Crippen molar-refractivity contribution in [3.8, 4) is 11.3 Å². The van der Waals surface area contributed by atoms with Gasteiger partial charge in [-0.1, -0.05) is 11.2 Å². The van der Waals surface area contributed by atoms with Crippen LogP contribution in [0.2, 0.25) is 0 Å². The minimum atomic E-state index is -1.00. The highest BCUT2D eigenvalue weighted by molar-refractivity contribution is 5.61. The predicted octanol–water partition coefficient (Wildman–Crippen LogP) is 2.35. The lowest BCUT2D eigenvalue weighted by atomic mass is 10.1. The first-order chi connectivity index (χ1) is 8.13. The second-order valence-electron chi connectivity index (χ2n) is 3.45. The van der Waals surface area contributed by atoms with Crippen molar-refractivity contribution >= 4 is 5.82 Å². The van der Waals surface area contributed by atoms with Crippen LogP contribution in [-0.2, 0) is 11.3 Å². The lowest BCUT2D eigenvalue weighted by molar-refractivity contribution is 0.180. The first kappa shape index (κ1) is 11.5. The van der Waals surface area contributed by atoms with E-state index in [1.165, 1.54) is 25.3 Å². The Kier molecular flexibility index (Phi) is 3.06. The quantitative estimate of drug-likeness (QED) is 0.894. The standard InChI is InChI=1S/C11H10F2N2O2/c1-16-5-6-2-3-7(11(13)10(6)12)8-4-9(14)15-17-8/h2-4H,5H2,1H3,(H2,14,15). The van der Waals surface area contributed by atoms with Gasteiger partial charge >= 0.3 is 0 Å². The van der Waals surface area contributed by atoms with E-state index in [1.807, 2.05) is 0 Å². The number of hydrogen-bond acceptors (Lipinski definition) is 4. The number of hydrogen-bond donors (Lipinski definition) is 1. The third-order valence-electron chi connectivity index (χ3n) is 2.26.